The molecule has 4 nitrogen and oxygen atoms in total. The van der Waals surface area contributed by atoms with Crippen LogP contribution in [0.25, 0.3) is 0 Å². The maximum atomic E-state index is 13.5. The smallest absolute Gasteiger partial charge is 0.251 e. The summed E-state index contributed by atoms with van der Waals surface area (Å²) in [6.45, 7) is 5.92. The monoisotopic (exact) mass is 283 g/mol. The van der Waals surface area contributed by atoms with E-state index >= 15 is 0 Å². The highest BCUT2D eigenvalue weighted by Crippen LogP contribution is 2.21. The molecular formula is C15H22FNO3. The lowest BCUT2D eigenvalue weighted by atomic mass is 9.88. The number of methoxy groups -OCH3 is 1. The third-order valence-electron chi connectivity index (χ3n) is 2.83. The van der Waals surface area contributed by atoms with Gasteiger partial charge in [0, 0.05) is 5.56 Å². The molecule has 2 N–H and O–H groups in total. The Morgan fingerprint density at radius 2 is 2.10 bits per heavy atom. The average Bonchev–Trinajstić information content (AvgIpc) is 2.36. The van der Waals surface area contributed by atoms with Crippen molar-refractivity contribution in [2.45, 2.75) is 33.2 Å². The van der Waals surface area contributed by atoms with Crippen molar-refractivity contribution in [2.24, 2.45) is 5.41 Å². The molecule has 0 saturated carbocycles. The zero-order chi connectivity index (χ0) is 15.3. The van der Waals surface area contributed by atoms with Gasteiger partial charge in [0.1, 0.15) is 0 Å². The Morgan fingerprint density at radius 3 is 2.55 bits per heavy atom. The van der Waals surface area contributed by atoms with Gasteiger partial charge in [0.2, 0.25) is 0 Å². The number of hydrogen-bond acceptors (Lipinski definition) is 3. The van der Waals surface area contributed by atoms with Gasteiger partial charge in [-0.05, 0) is 30.0 Å². The molecule has 5 heteroatoms. The fourth-order valence-electron chi connectivity index (χ4n) is 1.98. The molecule has 0 saturated heterocycles. The van der Waals surface area contributed by atoms with Crippen LogP contribution in [0.5, 0.6) is 5.75 Å². The Kier molecular flexibility index (Phi) is 5.51. The SMILES string of the molecule is COc1ccc(C(=O)NC(CO)CC(C)(C)C)cc1F. The Labute approximate surface area is 119 Å². The summed E-state index contributed by atoms with van der Waals surface area (Å²) in [6.07, 6.45) is 0.633. The van der Waals surface area contributed by atoms with Crippen LogP contribution >= 0.6 is 0 Å². The number of amides is 1. The van der Waals surface area contributed by atoms with Gasteiger partial charge in [0.05, 0.1) is 19.8 Å². The molecular weight excluding hydrogens is 261 g/mol. The lowest BCUT2D eigenvalue weighted by molar-refractivity contribution is 0.0897. The lowest BCUT2D eigenvalue weighted by Crippen LogP contribution is -2.40. The Hall–Kier alpha value is -1.62. The molecule has 1 amide bonds. The standard InChI is InChI=1S/C15H22FNO3/c1-15(2,3)8-11(9-18)17-14(19)10-5-6-13(20-4)12(16)7-10/h5-7,11,18H,8-9H2,1-4H3,(H,17,19). The fourth-order valence-corrected chi connectivity index (χ4v) is 1.98. The first kappa shape index (κ1) is 16.4. The van der Waals surface area contributed by atoms with E-state index in [1.165, 1.54) is 19.2 Å². The number of hydrogen-bond donors (Lipinski definition) is 2. The van der Waals surface area contributed by atoms with E-state index < -0.39 is 11.7 Å². The van der Waals surface area contributed by atoms with Crippen molar-refractivity contribution in [3.8, 4) is 5.75 Å². The van der Waals surface area contributed by atoms with Crippen molar-refractivity contribution < 1.29 is 19.0 Å². The molecule has 1 atom stereocenters. The number of halogens is 1. The summed E-state index contributed by atoms with van der Waals surface area (Å²) in [5, 5.41) is 12.0. The highest BCUT2D eigenvalue weighted by Gasteiger charge is 2.20. The number of ether oxygens (including phenoxy) is 1. The van der Waals surface area contributed by atoms with Crippen molar-refractivity contribution in [1.82, 2.24) is 5.32 Å². The first-order valence-electron chi connectivity index (χ1n) is 6.52. The van der Waals surface area contributed by atoms with Crippen LogP contribution in [0.1, 0.15) is 37.6 Å². The Bertz CT molecular complexity index is 469. The van der Waals surface area contributed by atoms with Crippen molar-refractivity contribution in [1.29, 1.82) is 0 Å². The molecule has 1 rings (SSSR count). The van der Waals surface area contributed by atoms with Gasteiger partial charge in [-0.2, -0.15) is 0 Å². The van der Waals surface area contributed by atoms with Gasteiger partial charge >= 0.3 is 0 Å². The number of carbonyl (C=O) groups is 1. The topological polar surface area (TPSA) is 58.6 Å². The maximum Gasteiger partial charge on any atom is 0.251 e. The van der Waals surface area contributed by atoms with Crippen molar-refractivity contribution in [3.63, 3.8) is 0 Å². The quantitative estimate of drug-likeness (QED) is 0.872. The summed E-state index contributed by atoms with van der Waals surface area (Å²) >= 11 is 0. The predicted octanol–water partition coefficient (Wildman–Crippen LogP) is 2.36. The molecule has 1 unspecified atom stereocenters. The number of benzene rings is 1. The number of rotatable bonds is 5. The predicted molar refractivity (Wildman–Crippen MR) is 75.4 cm³/mol. The summed E-state index contributed by atoms with van der Waals surface area (Å²) in [5.41, 5.74) is 0.182. The Morgan fingerprint density at radius 1 is 1.45 bits per heavy atom. The fraction of sp³-hybridized carbons (Fsp3) is 0.533. The van der Waals surface area contributed by atoms with Crippen LogP contribution < -0.4 is 10.1 Å². The van der Waals surface area contributed by atoms with E-state index in [1.807, 2.05) is 20.8 Å². The van der Waals surface area contributed by atoms with Gasteiger partial charge in [-0.3, -0.25) is 4.79 Å². The normalized spacial score (nSPS) is 12.9. The molecule has 0 radical (unpaired) electrons. The summed E-state index contributed by atoms with van der Waals surface area (Å²) in [7, 11) is 1.36. The van der Waals surface area contributed by atoms with Gasteiger partial charge in [-0.15, -0.1) is 0 Å². The molecule has 0 aliphatic carbocycles. The van der Waals surface area contributed by atoms with Crippen molar-refractivity contribution in [3.05, 3.63) is 29.6 Å². The number of aliphatic hydroxyl groups is 1. The molecule has 0 fully saturated rings. The lowest BCUT2D eigenvalue weighted by Gasteiger charge is -2.25. The van der Waals surface area contributed by atoms with Crippen LogP contribution in [0.2, 0.25) is 0 Å². The van der Waals surface area contributed by atoms with E-state index in [9.17, 15) is 14.3 Å². The van der Waals surface area contributed by atoms with E-state index in [2.05, 4.69) is 5.32 Å². The van der Waals surface area contributed by atoms with Gasteiger partial charge in [0.15, 0.2) is 11.6 Å². The van der Waals surface area contributed by atoms with Crippen LogP contribution in [0, 0.1) is 11.2 Å². The minimum Gasteiger partial charge on any atom is -0.494 e. The van der Waals surface area contributed by atoms with Crippen LogP contribution in [-0.4, -0.2) is 30.8 Å². The third-order valence-corrected chi connectivity index (χ3v) is 2.83. The number of carbonyl (C=O) groups excluding carboxylic acids is 1. The second-order valence-electron chi connectivity index (χ2n) is 5.97. The molecule has 0 heterocycles. The van der Waals surface area contributed by atoms with Crippen molar-refractivity contribution in [2.75, 3.05) is 13.7 Å². The summed E-state index contributed by atoms with van der Waals surface area (Å²) in [5.74, 6) is -0.902. The van der Waals surface area contributed by atoms with E-state index in [1.54, 1.807) is 0 Å². The van der Waals surface area contributed by atoms with Crippen molar-refractivity contribution >= 4 is 5.91 Å². The molecule has 0 aliphatic heterocycles. The molecule has 0 bridgehead atoms. The molecule has 20 heavy (non-hydrogen) atoms. The second-order valence-corrected chi connectivity index (χ2v) is 5.97. The van der Waals surface area contributed by atoms with Crippen LogP contribution in [0.4, 0.5) is 4.39 Å². The first-order valence-corrected chi connectivity index (χ1v) is 6.52. The van der Waals surface area contributed by atoms with E-state index in [-0.39, 0.29) is 29.4 Å². The molecule has 1 aromatic carbocycles. The van der Waals surface area contributed by atoms with Crippen LogP contribution in [-0.2, 0) is 0 Å². The van der Waals surface area contributed by atoms with E-state index in [4.69, 9.17) is 4.74 Å². The minimum absolute atomic E-state index is 0.0220. The zero-order valence-corrected chi connectivity index (χ0v) is 12.4. The molecule has 0 aliphatic rings. The maximum absolute atomic E-state index is 13.5. The Balaban J connectivity index is 2.77. The average molecular weight is 283 g/mol. The first-order chi connectivity index (χ1) is 9.26. The second kappa shape index (κ2) is 6.70. The van der Waals surface area contributed by atoms with Gasteiger partial charge in [-0.25, -0.2) is 4.39 Å². The summed E-state index contributed by atoms with van der Waals surface area (Å²) in [4.78, 5) is 12.0. The van der Waals surface area contributed by atoms with E-state index in [0.29, 0.717) is 6.42 Å². The highest BCUT2D eigenvalue weighted by molar-refractivity contribution is 5.94. The minimum atomic E-state index is -0.587. The largest absolute Gasteiger partial charge is 0.494 e. The molecule has 1 aromatic rings. The van der Waals surface area contributed by atoms with Gasteiger partial charge in [-0.1, -0.05) is 20.8 Å². The molecule has 0 aromatic heterocycles. The van der Waals surface area contributed by atoms with Gasteiger partial charge in [0.25, 0.3) is 5.91 Å². The van der Waals surface area contributed by atoms with Crippen LogP contribution in [0.3, 0.4) is 0 Å². The molecule has 0 spiro atoms. The zero-order valence-electron chi connectivity index (χ0n) is 12.4. The number of aliphatic hydroxyl groups excluding tert-OH is 1. The number of nitrogens with one attached hydrogen (secondary N) is 1. The van der Waals surface area contributed by atoms with Crippen LogP contribution in [0.15, 0.2) is 18.2 Å². The molecule has 112 valence electrons. The third kappa shape index (κ3) is 4.81. The van der Waals surface area contributed by atoms with Gasteiger partial charge < -0.3 is 15.2 Å². The van der Waals surface area contributed by atoms with E-state index in [0.717, 1.165) is 6.07 Å². The summed E-state index contributed by atoms with van der Waals surface area (Å²) in [6, 6.07) is 3.66. The highest BCUT2D eigenvalue weighted by atomic mass is 19.1. The summed E-state index contributed by atoms with van der Waals surface area (Å²) < 4.78 is 18.3.